The molecule has 9 heteroatoms. The van der Waals surface area contributed by atoms with Crippen molar-refractivity contribution >= 4 is 23.3 Å². The van der Waals surface area contributed by atoms with Gasteiger partial charge in [0.15, 0.2) is 0 Å². The summed E-state index contributed by atoms with van der Waals surface area (Å²) < 4.78 is 42.2. The van der Waals surface area contributed by atoms with Gasteiger partial charge >= 0.3 is 12.1 Å². The molecule has 0 spiro atoms. The highest BCUT2D eigenvalue weighted by atomic mass is 19.4. The summed E-state index contributed by atoms with van der Waals surface area (Å²) in [5.41, 5.74) is 1.26. The van der Waals surface area contributed by atoms with Gasteiger partial charge in [0.05, 0.1) is 24.8 Å². The van der Waals surface area contributed by atoms with Crippen LogP contribution in [0.15, 0.2) is 30.9 Å². The van der Waals surface area contributed by atoms with E-state index in [1.54, 1.807) is 18.2 Å². The molecular weight excluding hydrogens is 375 g/mol. The number of esters is 1. The molecule has 1 saturated heterocycles. The molecule has 1 amide bonds. The number of piperazine rings is 1. The van der Waals surface area contributed by atoms with Crippen LogP contribution in [0.1, 0.15) is 23.7 Å². The van der Waals surface area contributed by atoms with Crippen molar-refractivity contribution in [3.05, 3.63) is 36.4 Å². The van der Waals surface area contributed by atoms with Crippen molar-refractivity contribution in [2.75, 3.05) is 43.5 Å². The van der Waals surface area contributed by atoms with E-state index in [4.69, 9.17) is 4.74 Å². The highest BCUT2D eigenvalue weighted by molar-refractivity contribution is 6.05. The number of nitrogens with zero attached hydrogens (tertiary/aromatic N) is 2. The van der Waals surface area contributed by atoms with Crippen molar-refractivity contribution in [3.63, 3.8) is 0 Å². The minimum atomic E-state index is -4.17. The fourth-order valence-electron chi connectivity index (χ4n) is 3.14. The van der Waals surface area contributed by atoms with Crippen molar-refractivity contribution in [1.82, 2.24) is 4.90 Å². The zero-order chi connectivity index (χ0) is 20.9. The Morgan fingerprint density at radius 1 is 1.36 bits per heavy atom. The molecule has 0 radical (unpaired) electrons. The Balaban J connectivity index is 2.15. The number of nitrogens with one attached hydrogen (secondary N) is 1. The minimum absolute atomic E-state index is 0.0274. The van der Waals surface area contributed by atoms with E-state index < -0.39 is 24.5 Å². The molecule has 1 N–H and O–H groups in total. The average molecular weight is 399 g/mol. The van der Waals surface area contributed by atoms with Gasteiger partial charge in [0.25, 0.3) is 0 Å². The highest BCUT2D eigenvalue weighted by Crippen LogP contribution is 2.27. The third kappa shape index (κ3) is 5.72. The number of ether oxygens (including phenoxy) is 1. The van der Waals surface area contributed by atoms with Crippen LogP contribution in [0.3, 0.4) is 0 Å². The van der Waals surface area contributed by atoms with E-state index in [0.29, 0.717) is 25.3 Å². The predicted molar refractivity (Wildman–Crippen MR) is 101 cm³/mol. The van der Waals surface area contributed by atoms with E-state index >= 15 is 0 Å². The number of methoxy groups -OCH3 is 1. The summed E-state index contributed by atoms with van der Waals surface area (Å²) in [4.78, 5) is 27.4. The van der Waals surface area contributed by atoms with Gasteiger partial charge in [-0.3, -0.25) is 9.69 Å². The maximum absolute atomic E-state index is 12.5. The van der Waals surface area contributed by atoms with Crippen LogP contribution in [0.5, 0.6) is 0 Å². The van der Waals surface area contributed by atoms with Crippen LogP contribution < -0.4 is 10.2 Å². The van der Waals surface area contributed by atoms with Crippen molar-refractivity contribution in [3.8, 4) is 0 Å². The number of carbonyl (C=O) groups excluding carboxylic acids is 2. The molecule has 1 heterocycles. The number of amides is 1. The van der Waals surface area contributed by atoms with E-state index in [2.05, 4.69) is 11.9 Å². The van der Waals surface area contributed by atoms with Gasteiger partial charge < -0.3 is 15.0 Å². The third-order valence-corrected chi connectivity index (χ3v) is 4.66. The van der Waals surface area contributed by atoms with Crippen LogP contribution in [0.25, 0.3) is 0 Å². The standard InChI is InChI=1S/C19H24F3N3O3/c1-4-17(26)23-16-11-14(5-6-15(16)18(27)28-3)25-10-9-24(13(2)12-25)8-7-19(20,21)22/h4-6,11,13H,1,7-10,12H2,2-3H3,(H,23,26). The number of hydrogen-bond acceptors (Lipinski definition) is 5. The first-order valence-corrected chi connectivity index (χ1v) is 8.86. The molecule has 2 rings (SSSR count). The summed E-state index contributed by atoms with van der Waals surface area (Å²) in [5.74, 6) is -1.05. The van der Waals surface area contributed by atoms with Crippen LogP contribution in [0.4, 0.5) is 24.5 Å². The number of halogens is 3. The summed E-state index contributed by atoms with van der Waals surface area (Å²) in [6.45, 7) is 6.80. The number of benzene rings is 1. The van der Waals surface area contributed by atoms with E-state index in [0.717, 1.165) is 11.8 Å². The Labute approximate surface area is 161 Å². The second-order valence-corrected chi connectivity index (χ2v) is 6.61. The average Bonchev–Trinajstić information content (AvgIpc) is 2.65. The molecule has 0 saturated carbocycles. The largest absolute Gasteiger partial charge is 0.465 e. The molecule has 1 fully saturated rings. The van der Waals surface area contributed by atoms with E-state index in [1.165, 1.54) is 7.11 Å². The SMILES string of the molecule is C=CC(=O)Nc1cc(N2CCN(CCC(F)(F)F)C(C)C2)ccc1C(=O)OC. The first-order chi connectivity index (χ1) is 13.1. The van der Waals surface area contributed by atoms with Gasteiger partial charge in [0.2, 0.25) is 5.91 Å². The lowest BCUT2D eigenvalue weighted by Gasteiger charge is -2.41. The van der Waals surface area contributed by atoms with Crippen LogP contribution in [-0.4, -0.2) is 62.3 Å². The van der Waals surface area contributed by atoms with E-state index in [-0.39, 0.29) is 18.2 Å². The molecule has 1 aliphatic heterocycles. The quantitative estimate of drug-likeness (QED) is 0.589. The molecule has 1 atom stereocenters. The topological polar surface area (TPSA) is 61.9 Å². The smallest absolute Gasteiger partial charge is 0.390 e. The molecule has 6 nitrogen and oxygen atoms in total. The Kier molecular flexibility index (Phi) is 7.06. The summed E-state index contributed by atoms with van der Waals surface area (Å²) in [6.07, 6.45) is -3.91. The molecule has 0 aromatic heterocycles. The van der Waals surface area contributed by atoms with Gasteiger partial charge in [-0.2, -0.15) is 13.2 Å². The van der Waals surface area contributed by atoms with Gasteiger partial charge in [-0.25, -0.2) is 4.79 Å². The molecule has 154 valence electrons. The van der Waals surface area contributed by atoms with Gasteiger partial charge in [-0.05, 0) is 31.2 Å². The van der Waals surface area contributed by atoms with E-state index in [1.807, 2.05) is 16.7 Å². The maximum atomic E-state index is 12.5. The maximum Gasteiger partial charge on any atom is 0.390 e. The molecule has 1 unspecified atom stereocenters. The monoisotopic (exact) mass is 399 g/mol. The summed E-state index contributed by atoms with van der Waals surface area (Å²) in [6, 6.07) is 4.88. The number of carbonyl (C=O) groups is 2. The molecular formula is C19H24F3N3O3. The second-order valence-electron chi connectivity index (χ2n) is 6.61. The molecule has 0 aliphatic carbocycles. The second kappa shape index (κ2) is 9.09. The fraction of sp³-hybridized carbons (Fsp3) is 0.474. The highest BCUT2D eigenvalue weighted by Gasteiger charge is 2.31. The van der Waals surface area contributed by atoms with Crippen molar-refractivity contribution < 1.29 is 27.5 Å². The van der Waals surface area contributed by atoms with Crippen molar-refractivity contribution in [2.45, 2.75) is 25.6 Å². The Hall–Kier alpha value is -2.55. The summed E-state index contributed by atoms with van der Waals surface area (Å²) >= 11 is 0. The van der Waals surface area contributed by atoms with E-state index in [9.17, 15) is 22.8 Å². The molecule has 28 heavy (non-hydrogen) atoms. The molecule has 0 bridgehead atoms. The summed E-state index contributed by atoms with van der Waals surface area (Å²) in [7, 11) is 1.25. The van der Waals surface area contributed by atoms with Crippen molar-refractivity contribution in [2.24, 2.45) is 0 Å². The van der Waals surface area contributed by atoms with Crippen LogP contribution >= 0.6 is 0 Å². The van der Waals surface area contributed by atoms with Gasteiger partial charge in [-0.1, -0.05) is 6.58 Å². The van der Waals surface area contributed by atoms with Crippen LogP contribution in [0.2, 0.25) is 0 Å². The lowest BCUT2D eigenvalue weighted by Crippen LogP contribution is -2.52. The number of anilines is 2. The third-order valence-electron chi connectivity index (χ3n) is 4.66. The number of alkyl halides is 3. The Morgan fingerprint density at radius 2 is 2.07 bits per heavy atom. The van der Waals surface area contributed by atoms with Crippen molar-refractivity contribution in [1.29, 1.82) is 0 Å². The Morgan fingerprint density at radius 3 is 2.64 bits per heavy atom. The molecule has 1 aliphatic rings. The van der Waals surface area contributed by atoms with Crippen LogP contribution in [-0.2, 0) is 9.53 Å². The first-order valence-electron chi connectivity index (χ1n) is 8.86. The normalized spacial score (nSPS) is 17.9. The summed E-state index contributed by atoms with van der Waals surface area (Å²) in [5, 5.41) is 2.59. The molecule has 1 aromatic carbocycles. The minimum Gasteiger partial charge on any atom is -0.465 e. The number of rotatable bonds is 6. The number of hydrogen-bond donors (Lipinski definition) is 1. The lowest BCUT2D eigenvalue weighted by molar-refractivity contribution is -0.139. The zero-order valence-electron chi connectivity index (χ0n) is 15.9. The van der Waals surface area contributed by atoms with Gasteiger partial charge in [0, 0.05) is 37.9 Å². The zero-order valence-corrected chi connectivity index (χ0v) is 15.9. The van der Waals surface area contributed by atoms with Gasteiger partial charge in [0.1, 0.15) is 0 Å². The first kappa shape index (κ1) is 21.7. The van der Waals surface area contributed by atoms with Gasteiger partial charge in [-0.15, -0.1) is 0 Å². The molecule has 1 aromatic rings. The Bertz CT molecular complexity index is 737. The predicted octanol–water partition coefficient (Wildman–Crippen LogP) is 3.06. The lowest BCUT2D eigenvalue weighted by atomic mass is 10.1. The van der Waals surface area contributed by atoms with Crippen LogP contribution in [0, 0.1) is 0 Å². The fourth-order valence-corrected chi connectivity index (χ4v) is 3.14.